The molecular weight excluding hydrogens is 437 g/mol. The van der Waals surface area contributed by atoms with Crippen LogP contribution in [-0.4, -0.2) is 30.3 Å². The van der Waals surface area contributed by atoms with Gasteiger partial charge in [-0.1, -0.05) is 36.4 Å². The number of rotatable bonds is 2. The predicted octanol–water partition coefficient (Wildman–Crippen LogP) is 6.10. The van der Waals surface area contributed by atoms with Crippen LogP contribution in [0.25, 0.3) is 45.1 Å². The van der Waals surface area contributed by atoms with Crippen LogP contribution in [-0.2, 0) is 0 Å². The number of oxazole rings is 2. The summed E-state index contributed by atoms with van der Waals surface area (Å²) in [7, 11) is 0. The summed E-state index contributed by atoms with van der Waals surface area (Å²) in [6.07, 6.45) is 0. The number of fused-ring (bicyclic) bond motifs is 2. The van der Waals surface area contributed by atoms with E-state index in [0.717, 1.165) is 33.3 Å². The summed E-state index contributed by atoms with van der Waals surface area (Å²) in [6, 6.07) is 25.7. The van der Waals surface area contributed by atoms with E-state index in [1.807, 2.05) is 62.4 Å². The molecule has 0 radical (unpaired) electrons. The number of nitrogens with zero attached hydrogens (tertiary/aromatic N) is 2. The van der Waals surface area contributed by atoms with E-state index in [9.17, 15) is 10.2 Å². The Morgan fingerprint density at radius 1 is 0.571 bits per heavy atom. The topological polar surface area (TPSA) is 92.5 Å². The first-order chi connectivity index (χ1) is 16.5. The van der Waals surface area contributed by atoms with Crippen molar-refractivity contribution in [2.75, 3.05) is 0 Å². The molecule has 0 spiro atoms. The van der Waals surface area contributed by atoms with Gasteiger partial charge in [0.05, 0.1) is 11.1 Å². The summed E-state index contributed by atoms with van der Waals surface area (Å²) in [4.78, 5) is 8.76. The molecule has 0 fully saturated rings. The first-order valence-electron chi connectivity index (χ1n) is 10.8. The van der Waals surface area contributed by atoms with Gasteiger partial charge in [0, 0.05) is 0 Å². The molecule has 0 unspecified atom stereocenters. The molecule has 0 amide bonds. The van der Waals surface area contributed by atoms with E-state index >= 15 is 0 Å². The quantitative estimate of drug-likeness (QED) is 0.303. The van der Waals surface area contributed by atoms with Gasteiger partial charge in [-0.15, -0.1) is 0 Å². The monoisotopic (exact) mass is 461 g/mol. The Labute approximate surface area is 205 Å². The van der Waals surface area contributed by atoms with Crippen LogP contribution in [0.15, 0.2) is 93.8 Å². The molecule has 0 aliphatic carbocycles. The molecule has 0 saturated carbocycles. The van der Waals surface area contributed by atoms with Gasteiger partial charge in [0.2, 0.25) is 11.8 Å². The molecule has 2 aromatic heterocycles. The fourth-order valence-corrected chi connectivity index (χ4v) is 3.61. The third kappa shape index (κ3) is 4.93. The third-order valence-electron chi connectivity index (χ3n) is 5.36. The number of phenolic OH excluding ortho intramolecular Hbond substituents is 2. The van der Waals surface area contributed by atoms with Gasteiger partial charge in [0.1, 0.15) is 22.5 Å². The number of hydrogen-bond acceptors (Lipinski definition) is 6. The van der Waals surface area contributed by atoms with Crippen molar-refractivity contribution >= 4 is 32.3 Å². The van der Waals surface area contributed by atoms with Crippen LogP contribution in [0.1, 0.15) is 11.1 Å². The second-order valence-corrected chi connectivity index (χ2v) is 8.01. The van der Waals surface area contributed by atoms with Crippen LogP contribution in [0.3, 0.4) is 0 Å². The Morgan fingerprint density at radius 2 is 0.971 bits per heavy atom. The molecule has 0 aliphatic rings. The molecule has 0 aliphatic heterocycles. The van der Waals surface area contributed by atoms with Crippen LogP contribution in [0.4, 0.5) is 0 Å². The number of aryl methyl sites for hydroxylation is 2. The van der Waals surface area contributed by atoms with Crippen molar-refractivity contribution in [3.05, 3.63) is 96.1 Å². The zero-order chi connectivity index (χ0) is 23.7. The molecule has 7 heteroatoms. The van der Waals surface area contributed by atoms with E-state index in [-0.39, 0.29) is 21.6 Å². The van der Waals surface area contributed by atoms with E-state index in [1.165, 1.54) is 0 Å². The molecule has 2 N–H and O–H groups in total. The summed E-state index contributed by atoms with van der Waals surface area (Å²) in [6.45, 7) is 4.02. The first-order valence-corrected chi connectivity index (χ1v) is 10.8. The van der Waals surface area contributed by atoms with Crippen LogP contribution >= 0.6 is 0 Å². The fraction of sp³-hybridized carbons (Fsp3) is 0.0714. The molecule has 172 valence electrons. The average molecular weight is 462 g/mol. The van der Waals surface area contributed by atoms with Crippen molar-refractivity contribution < 1.29 is 19.0 Å². The summed E-state index contributed by atoms with van der Waals surface area (Å²) < 4.78 is 11.2. The van der Waals surface area contributed by atoms with Crippen LogP contribution < -0.4 is 0 Å². The third-order valence-corrected chi connectivity index (χ3v) is 5.36. The molecule has 6 aromatic rings. The number of aromatic hydroxyl groups is 2. The Hall–Kier alpha value is -4.41. The van der Waals surface area contributed by atoms with E-state index < -0.39 is 0 Å². The van der Waals surface area contributed by atoms with Gasteiger partial charge < -0.3 is 19.0 Å². The first kappa shape index (κ1) is 23.7. The van der Waals surface area contributed by atoms with Gasteiger partial charge in [-0.25, -0.2) is 9.97 Å². The van der Waals surface area contributed by atoms with Gasteiger partial charge in [-0.3, -0.25) is 0 Å². The standard InChI is InChI=1S/2C14H11NO2.Be.2H/c2*1-9-6-7-13-11(8-9)15-14(17-13)10-4-2-3-5-12(10)16;;;/h2*2-8,16H,1H3;;;. The van der Waals surface area contributed by atoms with E-state index in [1.54, 1.807) is 36.4 Å². The van der Waals surface area contributed by atoms with E-state index in [4.69, 9.17) is 8.83 Å². The van der Waals surface area contributed by atoms with Gasteiger partial charge in [-0.2, -0.15) is 0 Å². The maximum absolute atomic E-state index is 9.74. The molecule has 6 rings (SSSR count). The Balaban J connectivity index is 0.000000160. The number of para-hydroxylation sites is 2. The predicted molar refractivity (Wildman–Crippen MR) is 140 cm³/mol. The normalized spacial score (nSPS) is 10.6. The summed E-state index contributed by atoms with van der Waals surface area (Å²) >= 11 is 0. The number of benzene rings is 4. The van der Waals surface area contributed by atoms with Crippen LogP contribution in [0.2, 0.25) is 0 Å². The minimum absolute atomic E-state index is 0. The van der Waals surface area contributed by atoms with Crippen molar-refractivity contribution in [3.63, 3.8) is 0 Å². The average Bonchev–Trinajstić information content (AvgIpc) is 3.43. The SMILES string of the molecule is Cc1ccc2oc(-c3ccccc3O)nc2c1.Cc1ccc2oc(-c3ccccc3O)nc2c1.[BeH2]. The molecule has 4 aromatic carbocycles. The Bertz CT molecular complexity index is 1500. The molecule has 6 nitrogen and oxygen atoms in total. The van der Waals surface area contributed by atoms with Crippen LogP contribution in [0, 0.1) is 13.8 Å². The molecule has 35 heavy (non-hydrogen) atoms. The molecule has 2 heterocycles. The second kappa shape index (κ2) is 9.83. The van der Waals surface area contributed by atoms with Gasteiger partial charge in [-0.05, 0) is 73.5 Å². The number of phenols is 2. The van der Waals surface area contributed by atoms with Crippen molar-refractivity contribution in [1.82, 2.24) is 9.97 Å². The van der Waals surface area contributed by atoms with Gasteiger partial charge in [0.15, 0.2) is 11.2 Å². The van der Waals surface area contributed by atoms with Crippen molar-refractivity contribution in [2.24, 2.45) is 0 Å². The van der Waals surface area contributed by atoms with Gasteiger partial charge >= 0.3 is 10.1 Å². The zero-order valence-electron chi connectivity index (χ0n) is 18.7. The van der Waals surface area contributed by atoms with Gasteiger partial charge in [0.25, 0.3) is 0 Å². The van der Waals surface area contributed by atoms with E-state index in [2.05, 4.69) is 9.97 Å². The zero-order valence-corrected chi connectivity index (χ0v) is 18.7. The minimum atomic E-state index is 0. The molecule has 0 atom stereocenters. The van der Waals surface area contributed by atoms with E-state index in [0.29, 0.717) is 22.9 Å². The van der Waals surface area contributed by atoms with Crippen LogP contribution in [0.5, 0.6) is 11.5 Å². The molecular formula is C28H24BeN2O4. The fourth-order valence-electron chi connectivity index (χ4n) is 3.61. The number of aromatic nitrogens is 2. The summed E-state index contributed by atoms with van der Waals surface area (Å²) in [5.41, 5.74) is 6.57. The Kier molecular flexibility index (Phi) is 6.67. The summed E-state index contributed by atoms with van der Waals surface area (Å²) in [5.74, 6) is 1.25. The summed E-state index contributed by atoms with van der Waals surface area (Å²) in [5, 5.41) is 19.5. The molecule has 0 saturated heterocycles. The molecule has 0 bridgehead atoms. The Morgan fingerprint density at radius 3 is 1.37 bits per heavy atom. The van der Waals surface area contributed by atoms with Crippen molar-refractivity contribution in [3.8, 4) is 34.4 Å². The second-order valence-electron chi connectivity index (χ2n) is 8.01. The van der Waals surface area contributed by atoms with Crippen molar-refractivity contribution in [1.29, 1.82) is 0 Å². The van der Waals surface area contributed by atoms with Crippen molar-refractivity contribution in [2.45, 2.75) is 13.8 Å². The maximum atomic E-state index is 9.74. The number of hydrogen-bond donors (Lipinski definition) is 2.